The van der Waals surface area contributed by atoms with Crippen molar-refractivity contribution in [1.82, 2.24) is 5.43 Å². The van der Waals surface area contributed by atoms with Gasteiger partial charge in [0.2, 0.25) is 0 Å². The van der Waals surface area contributed by atoms with E-state index < -0.39 is 5.91 Å². The summed E-state index contributed by atoms with van der Waals surface area (Å²) in [6.07, 6.45) is 3.12. The molecule has 0 atom stereocenters. The molecule has 0 aliphatic heterocycles. The Morgan fingerprint density at radius 1 is 0.972 bits per heavy atom. The molecule has 0 fully saturated rings. The van der Waals surface area contributed by atoms with E-state index in [0.29, 0.717) is 47.3 Å². The number of aryl methyl sites for hydroxylation is 1. The van der Waals surface area contributed by atoms with E-state index in [9.17, 15) is 9.59 Å². The predicted molar refractivity (Wildman–Crippen MR) is 140 cm³/mol. The fraction of sp³-hybridized carbons (Fsp3) is 0.179. The van der Waals surface area contributed by atoms with Crippen molar-refractivity contribution in [1.29, 1.82) is 0 Å². The minimum atomic E-state index is -0.400. The van der Waals surface area contributed by atoms with Crippen LogP contribution in [0.2, 0.25) is 0 Å². The molecule has 3 rings (SSSR count). The summed E-state index contributed by atoms with van der Waals surface area (Å²) in [5, 5.41) is 6.82. The SMILES string of the molecule is C=CCOc1ccc(C(=O)N/N=C/c2cccc(OCC(=O)Nc3cccc(C)c3)c2)cc1OCC. The van der Waals surface area contributed by atoms with Gasteiger partial charge in [-0.1, -0.05) is 36.9 Å². The number of nitrogens with one attached hydrogen (secondary N) is 2. The van der Waals surface area contributed by atoms with Gasteiger partial charge in [-0.3, -0.25) is 9.59 Å². The first-order valence-corrected chi connectivity index (χ1v) is 11.4. The van der Waals surface area contributed by atoms with Crippen molar-refractivity contribution >= 4 is 23.7 Å². The summed E-state index contributed by atoms with van der Waals surface area (Å²) < 4.78 is 16.7. The Hall–Kier alpha value is -4.59. The summed E-state index contributed by atoms with van der Waals surface area (Å²) >= 11 is 0. The number of amides is 2. The quantitative estimate of drug-likeness (QED) is 0.218. The zero-order chi connectivity index (χ0) is 25.8. The highest BCUT2D eigenvalue weighted by atomic mass is 16.5. The van der Waals surface area contributed by atoms with E-state index in [1.165, 1.54) is 6.21 Å². The number of carbonyl (C=O) groups is 2. The summed E-state index contributed by atoms with van der Waals surface area (Å²) in [7, 11) is 0. The maximum atomic E-state index is 12.5. The van der Waals surface area contributed by atoms with Gasteiger partial charge >= 0.3 is 0 Å². The van der Waals surface area contributed by atoms with Crippen molar-refractivity contribution in [2.75, 3.05) is 25.1 Å². The van der Waals surface area contributed by atoms with Crippen molar-refractivity contribution in [2.45, 2.75) is 13.8 Å². The van der Waals surface area contributed by atoms with Crippen LogP contribution in [0.5, 0.6) is 17.2 Å². The molecular formula is C28H29N3O5. The second-order valence-electron chi connectivity index (χ2n) is 7.67. The third-order valence-corrected chi connectivity index (χ3v) is 4.77. The minimum Gasteiger partial charge on any atom is -0.490 e. The number of anilines is 1. The first-order valence-electron chi connectivity index (χ1n) is 11.4. The molecule has 0 heterocycles. The van der Waals surface area contributed by atoms with Crippen molar-refractivity contribution in [3.63, 3.8) is 0 Å². The Bertz CT molecular complexity index is 1240. The highest BCUT2D eigenvalue weighted by molar-refractivity contribution is 5.95. The second-order valence-corrected chi connectivity index (χ2v) is 7.67. The molecule has 0 spiro atoms. The summed E-state index contributed by atoms with van der Waals surface area (Å²) in [6, 6.07) is 19.4. The lowest BCUT2D eigenvalue weighted by atomic mass is 10.2. The number of hydrazone groups is 1. The Labute approximate surface area is 210 Å². The normalized spacial score (nSPS) is 10.5. The summed E-state index contributed by atoms with van der Waals surface area (Å²) in [4.78, 5) is 24.7. The molecule has 0 aliphatic carbocycles. The van der Waals surface area contributed by atoms with E-state index in [1.54, 1.807) is 48.5 Å². The standard InChI is InChI=1S/C28H29N3O5/c1-4-14-35-25-13-12-22(17-26(25)34-5-2)28(33)31-29-18-21-9-7-11-24(16-21)36-19-27(32)30-23-10-6-8-20(3)15-23/h4,6-13,15-18H,1,5,14,19H2,2-3H3,(H,30,32)(H,31,33)/b29-18+. The van der Waals surface area contributed by atoms with Crippen molar-refractivity contribution in [3.8, 4) is 17.2 Å². The smallest absolute Gasteiger partial charge is 0.271 e. The van der Waals surface area contributed by atoms with E-state index >= 15 is 0 Å². The summed E-state index contributed by atoms with van der Waals surface area (Å²) in [6.45, 7) is 8.05. The van der Waals surface area contributed by atoms with Crippen LogP contribution in [0.3, 0.4) is 0 Å². The molecule has 0 aromatic heterocycles. The van der Waals surface area contributed by atoms with Gasteiger partial charge in [0.25, 0.3) is 11.8 Å². The van der Waals surface area contributed by atoms with Crippen LogP contribution in [0, 0.1) is 6.92 Å². The highest BCUT2D eigenvalue weighted by Crippen LogP contribution is 2.28. The topological polar surface area (TPSA) is 98.3 Å². The largest absolute Gasteiger partial charge is 0.490 e. The molecule has 2 N–H and O–H groups in total. The van der Waals surface area contributed by atoms with Crippen molar-refractivity contribution in [3.05, 3.63) is 96.1 Å². The van der Waals surface area contributed by atoms with Crippen molar-refractivity contribution in [2.24, 2.45) is 5.10 Å². The third-order valence-electron chi connectivity index (χ3n) is 4.77. The molecule has 0 saturated carbocycles. The van der Waals surface area contributed by atoms with E-state index in [2.05, 4.69) is 22.4 Å². The van der Waals surface area contributed by atoms with E-state index in [4.69, 9.17) is 14.2 Å². The highest BCUT2D eigenvalue weighted by Gasteiger charge is 2.11. The lowest BCUT2D eigenvalue weighted by Gasteiger charge is -2.12. The molecule has 8 nitrogen and oxygen atoms in total. The fourth-order valence-electron chi connectivity index (χ4n) is 3.17. The number of carbonyl (C=O) groups excluding carboxylic acids is 2. The second kappa shape index (κ2) is 13.3. The van der Waals surface area contributed by atoms with Crippen LogP contribution < -0.4 is 25.0 Å². The summed E-state index contributed by atoms with van der Waals surface area (Å²) in [5.41, 5.74) is 5.33. The molecule has 0 saturated heterocycles. The van der Waals surface area contributed by atoms with E-state index in [0.717, 1.165) is 5.56 Å². The van der Waals surface area contributed by atoms with Gasteiger partial charge in [0, 0.05) is 11.3 Å². The first-order chi connectivity index (χ1) is 17.5. The average molecular weight is 488 g/mol. The Morgan fingerprint density at radius 2 is 1.81 bits per heavy atom. The Kier molecular flexibility index (Phi) is 9.64. The lowest BCUT2D eigenvalue weighted by molar-refractivity contribution is -0.118. The van der Waals surface area contributed by atoms with Gasteiger partial charge in [0.1, 0.15) is 12.4 Å². The van der Waals surface area contributed by atoms with Gasteiger partial charge in [-0.2, -0.15) is 5.10 Å². The van der Waals surface area contributed by atoms with Crippen LogP contribution in [0.15, 0.2) is 84.5 Å². The fourth-order valence-corrected chi connectivity index (χ4v) is 3.17. The molecule has 8 heteroatoms. The summed E-state index contributed by atoms with van der Waals surface area (Å²) in [5.74, 6) is 0.830. The third kappa shape index (κ3) is 8.02. The van der Waals surface area contributed by atoms with E-state index in [-0.39, 0.29) is 12.5 Å². The average Bonchev–Trinajstić information content (AvgIpc) is 2.87. The number of benzene rings is 3. The van der Waals surface area contributed by atoms with Gasteiger partial charge in [-0.05, 0) is 67.4 Å². The molecule has 0 aliphatic rings. The molecule has 0 bridgehead atoms. The van der Waals surface area contributed by atoms with Crippen LogP contribution >= 0.6 is 0 Å². The van der Waals surface area contributed by atoms with Gasteiger partial charge in [0.05, 0.1) is 12.8 Å². The molecule has 186 valence electrons. The number of nitrogens with zero attached hydrogens (tertiary/aromatic N) is 1. The molecule has 2 amide bonds. The molecule has 36 heavy (non-hydrogen) atoms. The maximum absolute atomic E-state index is 12.5. The zero-order valence-electron chi connectivity index (χ0n) is 20.3. The number of rotatable bonds is 12. The van der Waals surface area contributed by atoms with Gasteiger partial charge < -0.3 is 19.5 Å². The molecule has 3 aromatic rings. The Balaban J connectivity index is 1.55. The number of hydrogen-bond donors (Lipinski definition) is 2. The van der Waals surface area contributed by atoms with Crippen LogP contribution in [-0.4, -0.2) is 37.8 Å². The number of ether oxygens (including phenoxy) is 3. The first kappa shape index (κ1) is 26.0. The predicted octanol–water partition coefficient (Wildman–Crippen LogP) is 4.74. The molecule has 3 aromatic carbocycles. The van der Waals surface area contributed by atoms with Gasteiger partial charge in [-0.15, -0.1) is 0 Å². The number of hydrogen-bond acceptors (Lipinski definition) is 6. The molecule has 0 radical (unpaired) electrons. The van der Waals surface area contributed by atoms with E-state index in [1.807, 2.05) is 38.1 Å². The van der Waals surface area contributed by atoms with Crippen LogP contribution in [0.4, 0.5) is 5.69 Å². The monoisotopic (exact) mass is 487 g/mol. The van der Waals surface area contributed by atoms with Crippen molar-refractivity contribution < 1.29 is 23.8 Å². The minimum absolute atomic E-state index is 0.139. The maximum Gasteiger partial charge on any atom is 0.271 e. The van der Waals surface area contributed by atoms with Crippen LogP contribution in [-0.2, 0) is 4.79 Å². The van der Waals surface area contributed by atoms with Gasteiger partial charge in [-0.25, -0.2) is 5.43 Å². The zero-order valence-corrected chi connectivity index (χ0v) is 20.3. The molecular weight excluding hydrogens is 458 g/mol. The molecule has 0 unspecified atom stereocenters. The van der Waals surface area contributed by atoms with Crippen LogP contribution in [0.1, 0.15) is 28.4 Å². The van der Waals surface area contributed by atoms with Gasteiger partial charge in [0.15, 0.2) is 18.1 Å². The lowest BCUT2D eigenvalue weighted by Crippen LogP contribution is -2.20. The van der Waals surface area contributed by atoms with Crippen LogP contribution in [0.25, 0.3) is 0 Å². The Morgan fingerprint density at radius 3 is 2.58 bits per heavy atom.